The third kappa shape index (κ3) is 3.01. The van der Waals surface area contributed by atoms with E-state index in [1.54, 1.807) is 4.31 Å². The molecule has 0 atom stereocenters. The van der Waals surface area contributed by atoms with E-state index in [1.807, 2.05) is 0 Å². The molecule has 0 N–H and O–H groups in total. The Morgan fingerprint density at radius 2 is 1.59 bits per heavy atom. The average Bonchev–Trinajstić information content (AvgIpc) is 2.14. The van der Waals surface area contributed by atoms with E-state index in [-0.39, 0.29) is 0 Å². The summed E-state index contributed by atoms with van der Waals surface area (Å²) < 4.78 is 24.4. The fourth-order valence-corrected chi connectivity index (χ4v) is 3.70. The lowest BCUT2D eigenvalue weighted by Crippen LogP contribution is -2.55. The lowest BCUT2D eigenvalue weighted by atomic mass is 9.73. The van der Waals surface area contributed by atoms with Crippen LogP contribution in [0.1, 0.15) is 26.7 Å². The molecule has 0 aromatic rings. The van der Waals surface area contributed by atoms with Gasteiger partial charge in [0.15, 0.2) is 0 Å². The maximum absolute atomic E-state index is 11.4. The largest absolute Gasteiger partial charge is 0.298 e. The van der Waals surface area contributed by atoms with Crippen LogP contribution in [0.15, 0.2) is 0 Å². The van der Waals surface area contributed by atoms with Gasteiger partial charge in [-0.15, -0.1) is 0 Å². The van der Waals surface area contributed by atoms with Gasteiger partial charge in [0.1, 0.15) is 0 Å². The van der Waals surface area contributed by atoms with Gasteiger partial charge in [-0.05, 0) is 24.7 Å². The van der Waals surface area contributed by atoms with E-state index in [0.29, 0.717) is 19.1 Å². The van der Waals surface area contributed by atoms with E-state index in [4.69, 9.17) is 0 Å². The fourth-order valence-electron chi connectivity index (χ4n) is 2.87. The van der Waals surface area contributed by atoms with Gasteiger partial charge < -0.3 is 0 Å². The molecule has 100 valence electrons. The van der Waals surface area contributed by atoms with Crippen LogP contribution in [0, 0.1) is 11.8 Å². The number of hydrogen-bond acceptors (Lipinski definition) is 3. The molecule has 4 nitrogen and oxygen atoms in total. The molecule has 2 rings (SSSR count). The molecule has 0 amide bonds. The van der Waals surface area contributed by atoms with E-state index in [2.05, 4.69) is 18.7 Å². The maximum atomic E-state index is 11.4. The Kier molecular flexibility index (Phi) is 3.80. The zero-order valence-corrected chi connectivity index (χ0v) is 11.9. The summed E-state index contributed by atoms with van der Waals surface area (Å²) in [4.78, 5) is 2.47. The lowest BCUT2D eigenvalue weighted by molar-refractivity contribution is 0.0347. The third-order valence-electron chi connectivity index (χ3n) is 4.35. The second-order valence-corrected chi connectivity index (χ2v) is 7.81. The van der Waals surface area contributed by atoms with Crippen LogP contribution in [0.3, 0.4) is 0 Å². The predicted octanol–water partition coefficient (Wildman–Crippen LogP) is 0.998. The summed E-state index contributed by atoms with van der Waals surface area (Å²) in [6, 6.07) is 0.712. The Bertz CT molecular complexity index is 353. The maximum Gasteiger partial charge on any atom is 0.211 e. The molecule has 0 aromatic heterocycles. The summed E-state index contributed by atoms with van der Waals surface area (Å²) in [6.07, 6.45) is 3.91. The van der Waals surface area contributed by atoms with E-state index in [0.717, 1.165) is 24.9 Å². The molecule has 0 bridgehead atoms. The van der Waals surface area contributed by atoms with Gasteiger partial charge in [-0.3, -0.25) is 4.90 Å². The summed E-state index contributed by atoms with van der Waals surface area (Å²) in [6.45, 7) is 7.74. The third-order valence-corrected chi connectivity index (χ3v) is 5.65. The molecule has 2 fully saturated rings. The van der Waals surface area contributed by atoms with Crippen molar-refractivity contribution in [3.63, 3.8) is 0 Å². The van der Waals surface area contributed by atoms with Crippen LogP contribution in [-0.4, -0.2) is 56.1 Å². The number of nitrogens with zero attached hydrogens (tertiary/aromatic N) is 2. The quantitative estimate of drug-likeness (QED) is 0.760. The van der Waals surface area contributed by atoms with Gasteiger partial charge in [0, 0.05) is 32.2 Å². The molecule has 1 aliphatic heterocycles. The van der Waals surface area contributed by atoms with Crippen molar-refractivity contribution in [1.82, 2.24) is 9.21 Å². The number of rotatable bonds is 3. The molecule has 17 heavy (non-hydrogen) atoms. The highest BCUT2D eigenvalue weighted by Crippen LogP contribution is 2.37. The average molecular weight is 260 g/mol. The van der Waals surface area contributed by atoms with E-state index in [9.17, 15) is 8.42 Å². The van der Waals surface area contributed by atoms with Gasteiger partial charge in [0.05, 0.1) is 6.26 Å². The standard InChI is InChI=1S/C12H24N2O2S/c1-10(2)11-8-12(9-11)13-4-6-14(7-5-13)17(3,15)16/h10-12H,4-9H2,1-3H3. The Morgan fingerprint density at radius 1 is 1.06 bits per heavy atom. The molecular formula is C12H24N2O2S. The number of piperazine rings is 1. The molecule has 1 aliphatic carbocycles. The van der Waals surface area contributed by atoms with E-state index < -0.39 is 10.0 Å². The summed E-state index contributed by atoms with van der Waals surface area (Å²) in [5.41, 5.74) is 0. The van der Waals surface area contributed by atoms with Crippen LogP contribution >= 0.6 is 0 Å². The summed E-state index contributed by atoms with van der Waals surface area (Å²) >= 11 is 0. The van der Waals surface area contributed by atoms with Crippen LogP contribution in [0.25, 0.3) is 0 Å². The molecule has 0 unspecified atom stereocenters. The summed E-state index contributed by atoms with van der Waals surface area (Å²) in [5.74, 6) is 1.68. The Labute approximate surface area is 105 Å². The predicted molar refractivity (Wildman–Crippen MR) is 69.3 cm³/mol. The van der Waals surface area contributed by atoms with Crippen molar-refractivity contribution in [3.05, 3.63) is 0 Å². The molecule has 1 saturated heterocycles. The van der Waals surface area contributed by atoms with Crippen LogP contribution in [0.4, 0.5) is 0 Å². The highest BCUT2D eigenvalue weighted by atomic mass is 32.2. The highest BCUT2D eigenvalue weighted by Gasteiger charge is 2.37. The van der Waals surface area contributed by atoms with Gasteiger partial charge in [-0.25, -0.2) is 8.42 Å². The molecule has 0 radical (unpaired) electrons. The molecule has 1 saturated carbocycles. The SMILES string of the molecule is CC(C)C1CC(N2CCN(S(C)(=O)=O)CC2)C1. The van der Waals surface area contributed by atoms with Crippen molar-refractivity contribution in [3.8, 4) is 0 Å². The first-order chi connectivity index (χ1) is 7.88. The van der Waals surface area contributed by atoms with Crippen molar-refractivity contribution in [2.45, 2.75) is 32.7 Å². The second kappa shape index (κ2) is 4.86. The van der Waals surface area contributed by atoms with Crippen LogP contribution in [0.5, 0.6) is 0 Å². The number of sulfonamides is 1. The fraction of sp³-hybridized carbons (Fsp3) is 1.00. The van der Waals surface area contributed by atoms with E-state index in [1.165, 1.54) is 19.1 Å². The van der Waals surface area contributed by atoms with Gasteiger partial charge in [-0.2, -0.15) is 4.31 Å². The first-order valence-corrected chi connectivity index (χ1v) is 8.42. The number of hydrogen-bond donors (Lipinski definition) is 0. The van der Waals surface area contributed by atoms with Gasteiger partial charge in [-0.1, -0.05) is 13.8 Å². The minimum atomic E-state index is -2.98. The monoisotopic (exact) mass is 260 g/mol. The Morgan fingerprint density at radius 3 is 2.00 bits per heavy atom. The molecule has 1 heterocycles. The second-order valence-electron chi connectivity index (χ2n) is 5.83. The van der Waals surface area contributed by atoms with Crippen LogP contribution in [0.2, 0.25) is 0 Å². The normalized spacial score (nSPS) is 32.7. The van der Waals surface area contributed by atoms with Crippen molar-refractivity contribution in [2.24, 2.45) is 11.8 Å². The van der Waals surface area contributed by atoms with Crippen molar-refractivity contribution >= 4 is 10.0 Å². The minimum Gasteiger partial charge on any atom is -0.298 e. The topological polar surface area (TPSA) is 40.6 Å². The smallest absolute Gasteiger partial charge is 0.211 e. The van der Waals surface area contributed by atoms with Crippen molar-refractivity contribution in [2.75, 3.05) is 32.4 Å². The Balaban J connectivity index is 1.78. The first kappa shape index (κ1) is 13.3. The van der Waals surface area contributed by atoms with Crippen LogP contribution in [-0.2, 0) is 10.0 Å². The molecule has 0 aromatic carbocycles. The molecule has 0 spiro atoms. The van der Waals surface area contributed by atoms with Crippen molar-refractivity contribution in [1.29, 1.82) is 0 Å². The summed E-state index contributed by atoms with van der Waals surface area (Å²) in [5, 5.41) is 0. The minimum absolute atomic E-state index is 0.668. The van der Waals surface area contributed by atoms with Gasteiger partial charge in [0.25, 0.3) is 0 Å². The molecule has 5 heteroatoms. The first-order valence-electron chi connectivity index (χ1n) is 6.57. The molecular weight excluding hydrogens is 236 g/mol. The van der Waals surface area contributed by atoms with Gasteiger partial charge in [0.2, 0.25) is 10.0 Å². The lowest BCUT2D eigenvalue weighted by Gasteiger charge is -2.47. The van der Waals surface area contributed by atoms with Crippen molar-refractivity contribution < 1.29 is 8.42 Å². The van der Waals surface area contributed by atoms with E-state index >= 15 is 0 Å². The zero-order valence-electron chi connectivity index (χ0n) is 11.1. The van der Waals surface area contributed by atoms with Crippen LogP contribution < -0.4 is 0 Å². The highest BCUT2D eigenvalue weighted by molar-refractivity contribution is 7.88. The molecule has 2 aliphatic rings. The Hall–Kier alpha value is -0.130. The van der Waals surface area contributed by atoms with Gasteiger partial charge >= 0.3 is 0 Å². The zero-order chi connectivity index (χ0) is 12.6. The summed E-state index contributed by atoms with van der Waals surface area (Å²) in [7, 11) is -2.98.